The van der Waals surface area contributed by atoms with Crippen molar-refractivity contribution < 1.29 is 4.74 Å². The SMILES string of the molecule is CCCCn1c(=O)[nH]c(=O)c2c1nc(-c1csc(-c3ccccc3)n1)n2CCOC. The highest BCUT2D eigenvalue weighted by Gasteiger charge is 2.21. The van der Waals surface area contributed by atoms with E-state index in [0.29, 0.717) is 42.4 Å². The van der Waals surface area contributed by atoms with Gasteiger partial charge >= 0.3 is 5.69 Å². The molecule has 0 aliphatic heterocycles. The standard InChI is InChI=1S/C21H23N5O3S/c1-3-4-10-26-18-16(19(27)24-21(26)28)25(11-12-29-2)17(23-18)15-13-30-20(22-15)14-8-6-5-7-9-14/h5-9,13H,3-4,10-12H2,1-2H3,(H,24,27,28). The Balaban J connectivity index is 1.91. The Labute approximate surface area is 176 Å². The molecule has 30 heavy (non-hydrogen) atoms. The number of thiazole rings is 1. The smallest absolute Gasteiger partial charge is 0.330 e. The first-order valence-corrected chi connectivity index (χ1v) is 10.8. The van der Waals surface area contributed by atoms with Gasteiger partial charge in [-0.25, -0.2) is 14.8 Å². The fourth-order valence-electron chi connectivity index (χ4n) is 3.38. The van der Waals surface area contributed by atoms with Gasteiger partial charge in [-0.15, -0.1) is 11.3 Å². The molecule has 0 bridgehead atoms. The van der Waals surface area contributed by atoms with E-state index in [1.165, 1.54) is 15.9 Å². The third-order valence-electron chi connectivity index (χ3n) is 4.89. The fourth-order valence-corrected chi connectivity index (χ4v) is 4.19. The van der Waals surface area contributed by atoms with E-state index in [1.807, 2.05) is 35.7 Å². The molecule has 0 saturated carbocycles. The molecule has 0 radical (unpaired) electrons. The van der Waals surface area contributed by atoms with Gasteiger partial charge in [0, 0.05) is 31.1 Å². The summed E-state index contributed by atoms with van der Waals surface area (Å²) in [4.78, 5) is 37.0. The number of fused-ring (bicyclic) bond motifs is 1. The average Bonchev–Trinajstić information content (AvgIpc) is 3.38. The van der Waals surface area contributed by atoms with E-state index in [4.69, 9.17) is 14.7 Å². The van der Waals surface area contributed by atoms with Crippen LogP contribution in [0.4, 0.5) is 0 Å². The van der Waals surface area contributed by atoms with E-state index in [2.05, 4.69) is 11.9 Å². The van der Waals surface area contributed by atoms with Crippen LogP contribution in [0.3, 0.4) is 0 Å². The van der Waals surface area contributed by atoms with Crippen molar-refractivity contribution in [3.8, 4) is 22.1 Å². The average molecular weight is 426 g/mol. The summed E-state index contributed by atoms with van der Waals surface area (Å²) in [5.74, 6) is 0.557. The van der Waals surface area contributed by atoms with Crippen LogP contribution >= 0.6 is 11.3 Å². The highest BCUT2D eigenvalue weighted by atomic mass is 32.1. The minimum Gasteiger partial charge on any atom is -0.383 e. The number of nitrogens with one attached hydrogen (secondary N) is 1. The molecule has 1 N–H and O–H groups in total. The van der Waals surface area contributed by atoms with Gasteiger partial charge in [-0.3, -0.25) is 14.3 Å². The highest BCUT2D eigenvalue weighted by Crippen LogP contribution is 2.29. The van der Waals surface area contributed by atoms with Crippen molar-refractivity contribution in [3.63, 3.8) is 0 Å². The second kappa shape index (κ2) is 8.76. The van der Waals surface area contributed by atoms with Crippen LogP contribution < -0.4 is 11.2 Å². The van der Waals surface area contributed by atoms with Gasteiger partial charge in [0.25, 0.3) is 5.56 Å². The van der Waals surface area contributed by atoms with Crippen LogP contribution in [0.15, 0.2) is 45.3 Å². The normalized spacial score (nSPS) is 11.4. The van der Waals surface area contributed by atoms with Crippen molar-refractivity contribution in [2.75, 3.05) is 13.7 Å². The first kappa shape index (κ1) is 20.2. The molecule has 0 spiro atoms. The first-order chi connectivity index (χ1) is 14.6. The lowest BCUT2D eigenvalue weighted by molar-refractivity contribution is 0.188. The molecule has 4 rings (SSSR count). The Morgan fingerprint density at radius 2 is 1.90 bits per heavy atom. The number of benzene rings is 1. The van der Waals surface area contributed by atoms with Crippen LogP contribution in [0.2, 0.25) is 0 Å². The number of nitrogens with zero attached hydrogens (tertiary/aromatic N) is 4. The van der Waals surface area contributed by atoms with Gasteiger partial charge in [0.1, 0.15) is 10.7 Å². The summed E-state index contributed by atoms with van der Waals surface area (Å²) in [6.07, 6.45) is 1.74. The van der Waals surface area contributed by atoms with Crippen LogP contribution in [0, 0.1) is 0 Å². The lowest BCUT2D eigenvalue weighted by atomic mass is 10.2. The van der Waals surface area contributed by atoms with Crippen LogP contribution in [0.1, 0.15) is 19.8 Å². The topological polar surface area (TPSA) is 94.8 Å². The molecule has 0 aliphatic carbocycles. The summed E-state index contributed by atoms with van der Waals surface area (Å²) in [6, 6.07) is 9.91. The summed E-state index contributed by atoms with van der Waals surface area (Å²) in [5.41, 5.74) is 1.55. The van der Waals surface area contributed by atoms with Crippen molar-refractivity contribution in [1.29, 1.82) is 0 Å². The Bertz CT molecular complexity index is 1270. The number of aromatic amines is 1. The van der Waals surface area contributed by atoms with Crippen LogP contribution in [-0.4, -0.2) is 37.8 Å². The monoisotopic (exact) mass is 425 g/mol. The molecule has 8 nitrogen and oxygen atoms in total. The summed E-state index contributed by atoms with van der Waals surface area (Å²) < 4.78 is 8.58. The minimum atomic E-state index is -0.448. The van der Waals surface area contributed by atoms with E-state index in [0.717, 1.165) is 23.4 Å². The number of aryl methyl sites for hydroxylation is 1. The molecule has 0 aliphatic rings. The molecule has 0 unspecified atom stereocenters. The van der Waals surface area contributed by atoms with Gasteiger partial charge in [0.15, 0.2) is 17.0 Å². The van der Waals surface area contributed by atoms with Crippen molar-refractivity contribution in [2.45, 2.75) is 32.9 Å². The number of hydrogen-bond donors (Lipinski definition) is 1. The summed E-state index contributed by atoms with van der Waals surface area (Å²) in [7, 11) is 1.61. The molecule has 0 saturated heterocycles. The predicted molar refractivity (Wildman–Crippen MR) is 118 cm³/mol. The second-order valence-electron chi connectivity index (χ2n) is 6.92. The maximum atomic E-state index is 12.7. The molecule has 4 aromatic rings. The van der Waals surface area contributed by atoms with E-state index >= 15 is 0 Å². The highest BCUT2D eigenvalue weighted by molar-refractivity contribution is 7.13. The molecular weight excluding hydrogens is 402 g/mol. The van der Waals surface area contributed by atoms with Gasteiger partial charge in [0.05, 0.1) is 6.61 Å². The Morgan fingerprint density at radius 3 is 2.63 bits per heavy atom. The van der Waals surface area contributed by atoms with E-state index < -0.39 is 11.2 Å². The van der Waals surface area contributed by atoms with Gasteiger partial charge in [-0.1, -0.05) is 43.7 Å². The Kier molecular flexibility index (Phi) is 5.91. The zero-order valence-corrected chi connectivity index (χ0v) is 17.7. The quantitative estimate of drug-likeness (QED) is 0.468. The number of methoxy groups -OCH3 is 1. The zero-order valence-electron chi connectivity index (χ0n) is 16.9. The van der Waals surface area contributed by atoms with Crippen molar-refractivity contribution in [3.05, 3.63) is 56.5 Å². The number of unbranched alkanes of at least 4 members (excludes halogenated alkanes) is 1. The summed E-state index contributed by atoms with van der Waals surface area (Å²) >= 11 is 1.52. The first-order valence-electron chi connectivity index (χ1n) is 9.87. The van der Waals surface area contributed by atoms with Gasteiger partial charge in [-0.2, -0.15) is 0 Å². The predicted octanol–water partition coefficient (Wildman–Crippen LogP) is 3.12. The van der Waals surface area contributed by atoms with Crippen molar-refractivity contribution in [2.24, 2.45) is 0 Å². The summed E-state index contributed by atoms with van der Waals surface area (Å²) in [5, 5.41) is 2.79. The zero-order chi connectivity index (χ0) is 21.1. The lowest BCUT2D eigenvalue weighted by Crippen LogP contribution is -2.31. The Hall–Kier alpha value is -3.04. The van der Waals surface area contributed by atoms with E-state index in [9.17, 15) is 9.59 Å². The molecule has 1 aromatic carbocycles. The van der Waals surface area contributed by atoms with Crippen LogP contribution in [0.5, 0.6) is 0 Å². The Morgan fingerprint density at radius 1 is 1.10 bits per heavy atom. The molecule has 0 atom stereocenters. The molecule has 3 aromatic heterocycles. The fraction of sp³-hybridized carbons (Fsp3) is 0.333. The minimum absolute atomic E-state index is 0.368. The number of H-pyrrole nitrogens is 1. The van der Waals surface area contributed by atoms with Crippen molar-refractivity contribution in [1.82, 2.24) is 24.1 Å². The van der Waals surface area contributed by atoms with Gasteiger partial charge in [-0.05, 0) is 6.42 Å². The number of ether oxygens (including phenoxy) is 1. The molecule has 3 heterocycles. The molecule has 156 valence electrons. The lowest BCUT2D eigenvalue weighted by Gasteiger charge is -2.07. The largest absolute Gasteiger partial charge is 0.383 e. The summed E-state index contributed by atoms with van der Waals surface area (Å²) in [6.45, 7) is 3.38. The number of aromatic nitrogens is 5. The van der Waals surface area contributed by atoms with Gasteiger partial charge in [0.2, 0.25) is 0 Å². The third-order valence-corrected chi connectivity index (χ3v) is 5.79. The molecular formula is C21H23N5O3S. The van der Waals surface area contributed by atoms with E-state index in [1.54, 1.807) is 11.7 Å². The van der Waals surface area contributed by atoms with E-state index in [-0.39, 0.29) is 0 Å². The molecule has 9 heteroatoms. The van der Waals surface area contributed by atoms with Gasteiger partial charge < -0.3 is 9.30 Å². The second-order valence-corrected chi connectivity index (χ2v) is 7.78. The van der Waals surface area contributed by atoms with Crippen molar-refractivity contribution >= 4 is 22.5 Å². The molecule has 0 fully saturated rings. The maximum absolute atomic E-state index is 12.7. The van der Waals surface area contributed by atoms with Crippen LogP contribution in [0.25, 0.3) is 33.3 Å². The maximum Gasteiger partial charge on any atom is 0.330 e. The number of hydrogen-bond acceptors (Lipinski definition) is 6. The third kappa shape index (κ3) is 3.73. The van der Waals surface area contributed by atoms with Crippen LogP contribution in [-0.2, 0) is 17.8 Å². The molecule has 0 amide bonds. The number of rotatable bonds is 8. The number of imidazole rings is 1.